The number of amides is 2. The molecule has 6 nitrogen and oxygen atoms in total. The first-order valence-corrected chi connectivity index (χ1v) is 10.8. The molecule has 3 aromatic carbocycles. The molecule has 3 aromatic rings. The second-order valence-electron chi connectivity index (χ2n) is 8.41. The Morgan fingerprint density at radius 2 is 1.82 bits per heavy atom. The van der Waals surface area contributed by atoms with Gasteiger partial charge in [0, 0.05) is 15.5 Å². The first-order chi connectivity index (χ1) is 15.9. The van der Waals surface area contributed by atoms with Gasteiger partial charge in [-0.2, -0.15) is 0 Å². The number of ether oxygens (including phenoxy) is 2. The molecule has 7 heteroatoms. The van der Waals surface area contributed by atoms with E-state index < -0.39 is 11.2 Å². The van der Waals surface area contributed by atoms with Gasteiger partial charge in [0.25, 0.3) is 5.91 Å². The first-order valence-electron chi connectivity index (χ1n) is 10.8. The molecule has 1 aliphatic heterocycles. The van der Waals surface area contributed by atoms with Gasteiger partial charge in [-0.25, -0.2) is 4.39 Å². The highest BCUT2D eigenvalue weighted by atomic mass is 19.1. The van der Waals surface area contributed by atoms with E-state index in [0.717, 1.165) is 16.7 Å². The Bertz CT molecular complexity index is 1290. The Hall–Kier alpha value is -3.87. The fraction of sp³-hybridized carbons (Fsp3) is 0.231. The van der Waals surface area contributed by atoms with Gasteiger partial charge in [0.2, 0.25) is 12.7 Å². The maximum absolute atomic E-state index is 14.8. The number of benzene rings is 3. The van der Waals surface area contributed by atoms with Gasteiger partial charge in [-0.05, 0) is 78.4 Å². The summed E-state index contributed by atoms with van der Waals surface area (Å²) < 4.78 is 25.7. The van der Waals surface area contributed by atoms with Crippen LogP contribution in [0.3, 0.4) is 0 Å². The highest BCUT2D eigenvalue weighted by Crippen LogP contribution is 2.51. The summed E-state index contributed by atoms with van der Waals surface area (Å²) in [5, 5.41) is 5.40. The van der Waals surface area contributed by atoms with Crippen molar-refractivity contribution in [2.45, 2.75) is 25.2 Å². The van der Waals surface area contributed by atoms with Gasteiger partial charge in [-0.3, -0.25) is 9.59 Å². The number of hydrogen-bond acceptors (Lipinski definition) is 4. The molecule has 0 bridgehead atoms. The molecular formula is C26H27FN2O4. The van der Waals surface area contributed by atoms with E-state index >= 15 is 0 Å². The summed E-state index contributed by atoms with van der Waals surface area (Å²) in [6.45, 7) is 1.96. The van der Waals surface area contributed by atoms with E-state index in [1.807, 2.05) is 18.2 Å². The molecule has 2 amide bonds. The SMILES string of the molecule is CNC(=O)c1cccc(-c2cc(NC(=O)C3(c4ccc5c(c4)OCO5)CC3)c(F)cc2C)c1.[HH].[HH]. The Balaban J connectivity index is 0.00000171. The molecule has 0 atom stereocenters. The van der Waals surface area contributed by atoms with Crippen molar-refractivity contribution in [3.8, 4) is 22.6 Å². The van der Waals surface area contributed by atoms with Crippen molar-refractivity contribution in [2.75, 3.05) is 19.2 Å². The lowest BCUT2D eigenvalue weighted by Gasteiger charge is -2.18. The molecule has 2 N–H and O–H groups in total. The van der Waals surface area contributed by atoms with Crippen LogP contribution in [0.4, 0.5) is 10.1 Å². The highest BCUT2D eigenvalue weighted by Gasteiger charge is 2.51. The standard InChI is InChI=1S/C26H23FN2O4.2H2/c1-15-10-20(27)21(13-19(15)16-4-3-5-17(11-16)24(30)28-2)29-25(31)26(8-9-26)18-6-7-22-23(12-18)33-14-32-22;;/h3-7,10-13H,8-9,14H2,1-2H3,(H,28,30)(H,29,31);2*1H. The average molecular weight is 451 g/mol. The zero-order chi connectivity index (χ0) is 23.2. The molecular weight excluding hydrogens is 423 g/mol. The smallest absolute Gasteiger partial charge is 0.251 e. The lowest BCUT2D eigenvalue weighted by atomic mass is 9.94. The number of aryl methyl sites for hydroxylation is 1. The van der Waals surface area contributed by atoms with Crippen molar-refractivity contribution in [1.29, 1.82) is 0 Å². The monoisotopic (exact) mass is 450 g/mol. The van der Waals surface area contributed by atoms with Gasteiger partial charge in [0.05, 0.1) is 11.1 Å². The van der Waals surface area contributed by atoms with Crippen LogP contribution >= 0.6 is 0 Å². The second-order valence-corrected chi connectivity index (χ2v) is 8.41. The minimum atomic E-state index is -0.711. The molecule has 1 fully saturated rings. The minimum Gasteiger partial charge on any atom is -0.454 e. The largest absolute Gasteiger partial charge is 0.454 e. The molecule has 1 aliphatic carbocycles. The van der Waals surface area contributed by atoms with Gasteiger partial charge in [0.1, 0.15) is 5.82 Å². The van der Waals surface area contributed by atoms with E-state index in [1.165, 1.54) is 6.07 Å². The quantitative estimate of drug-likeness (QED) is 0.570. The molecule has 172 valence electrons. The lowest BCUT2D eigenvalue weighted by molar-refractivity contribution is -0.118. The van der Waals surface area contributed by atoms with Crippen LogP contribution in [0.5, 0.6) is 11.5 Å². The molecule has 0 spiro atoms. The molecule has 0 saturated heterocycles. The average Bonchev–Trinajstić information content (AvgIpc) is 3.51. The molecule has 0 unspecified atom stereocenters. The second kappa shape index (κ2) is 7.92. The maximum Gasteiger partial charge on any atom is 0.251 e. The third kappa shape index (κ3) is 3.69. The number of nitrogens with one attached hydrogen (secondary N) is 2. The van der Waals surface area contributed by atoms with Crippen LogP contribution in [0.25, 0.3) is 11.1 Å². The Labute approximate surface area is 193 Å². The Morgan fingerprint density at radius 1 is 1.03 bits per heavy atom. The predicted octanol–water partition coefficient (Wildman–Crippen LogP) is 5.05. The number of rotatable bonds is 5. The van der Waals surface area contributed by atoms with E-state index in [4.69, 9.17) is 9.47 Å². The van der Waals surface area contributed by atoms with Gasteiger partial charge < -0.3 is 20.1 Å². The molecule has 2 aliphatic rings. The molecule has 1 saturated carbocycles. The zero-order valence-electron chi connectivity index (χ0n) is 18.3. The van der Waals surface area contributed by atoms with Crippen LogP contribution in [0, 0.1) is 12.7 Å². The van der Waals surface area contributed by atoms with Crippen LogP contribution in [-0.2, 0) is 10.2 Å². The Kier molecular flexibility index (Phi) is 5.04. The van der Waals surface area contributed by atoms with Crippen LogP contribution < -0.4 is 20.1 Å². The van der Waals surface area contributed by atoms with Crippen molar-refractivity contribution in [3.63, 3.8) is 0 Å². The van der Waals surface area contributed by atoms with Crippen LogP contribution in [0.2, 0.25) is 0 Å². The van der Waals surface area contributed by atoms with Gasteiger partial charge in [-0.15, -0.1) is 0 Å². The molecule has 33 heavy (non-hydrogen) atoms. The number of halogens is 1. The normalized spacial score (nSPS) is 15.1. The van der Waals surface area contributed by atoms with E-state index in [-0.39, 0.29) is 27.1 Å². The van der Waals surface area contributed by atoms with Crippen LogP contribution in [0.1, 0.15) is 37.2 Å². The minimum absolute atomic E-state index is 0. The summed E-state index contributed by atoms with van der Waals surface area (Å²) in [7, 11) is 1.57. The fourth-order valence-corrected chi connectivity index (χ4v) is 4.26. The number of carbonyl (C=O) groups excluding carboxylic acids is 2. The van der Waals surface area contributed by atoms with Crippen LogP contribution in [0.15, 0.2) is 54.6 Å². The Morgan fingerprint density at radius 3 is 2.58 bits per heavy atom. The first kappa shape index (κ1) is 21.0. The highest BCUT2D eigenvalue weighted by molar-refractivity contribution is 6.02. The predicted molar refractivity (Wildman–Crippen MR) is 126 cm³/mol. The molecule has 0 radical (unpaired) electrons. The summed E-state index contributed by atoms with van der Waals surface area (Å²) in [5.74, 6) is 0.307. The summed E-state index contributed by atoms with van der Waals surface area (Å²) in [6.07, 6.45) is 1.35. The van der Waals surface area contributed by atoms with E-state index in [1.54, 1.807) is 44.3 Å². The third-order valence-electron chi connectivity index (χ3n) is 6.33. The zero-order valence-corrected chi connectivity index (χ0v) is 18.3. The van der Waals surface area contributed by atoms with Crippen molar-refractivity contribution in [3.05, 3.63) is 77.1 Å². The van der Waals surface area contributed by atoms with E-state index in [2.05, 4.69) is 10.6 Å². The summed E-state index contributed by atoms with van der Waals surface area (Å²) in [5.41, 5.74) is 2.94. The fourth-order valence-electron chi connectivity index (χ4n) is 4.26. The third-order valence-corrected chi connectivity index (χ3v) is 6.33. The topological polar surface area (TPSA) is 76.7 Å². The number of fused-ring (bicyclic) bond motifs is 1. The number of carbonyl (C=O) groups is 2. The van der Waals surface area contributed by atoms with Crippen molar-refractivity contribution < 1.29 is 26.3 Å². The molecule has 5 rings (SSSR count). The number of hydrogen-bond donors (Lipinski definition) is 2. The molecule has 0 aromatic heterocycles. The van der Waals surface area contributed by atoms with Crippen molar-refractivity contribution in [1.82, 2.24) is 5.32 Å². The van der Waals surface area contributed by atoms with Gasteiger partial charge in [-0.1, -0.05) is 18.2 Å². The van der Waals surface area contributed by atoms with E-state index in [9.17, 15) is 14.0 Å². The summed E-state index contributed by atoms with van der Waals surface area (Å²) >= 11 is 0. The van der Waals surface area contributed by atoms with Crippen molar-refractivity contribution in [2.24, 2.45) is 0 Å². The van der Waals surface area contributed by atoms with Gasteiger partial charge >= 0.3 is 0 Å². The summed E-state index contributed by atoms with van der Waals surface area (Å²) in [6, 6.07) is 15.6. The molecule has 1 heterocycles. The number of anilines is 1. The van der Waals surface area contributed by atoms with Crippen molar-refractivity contribution >= 4 is 17.5 Å². The van der Waals surface area contributed by atoms with Crippen LogP contribution in [-0.4, -0.2) is 25.7 Å². The maximum atomic E-state index is 14.8. The van der Waals surface area contributed by atoms with Gasteiger partial charge in [0.15, 0.2) is 11.5 Å². The lowest BCUT2D eigenvalue weighted by Crippen LogP contribution is -2.28. The summed E-state index contributed by atoms with van der Waals surface area (Å²) in [4.78, 5) is 25.3. The van der Waals surface area contributed by atoms with E-state index in [0.29, 0.717) is 35.5 Å².